The molecule has 1 fully saturated rings. The van der Waals surface area contributed by atoms with Gasteiger partial charge in [0.1, 0.15) is 5.75 Å². The number of halogens is 1. The van der Waals surface area contributed by atoms with E-state index in [1.54, 1.807) is 0 Å². The molecule has 1 aromatic rings. The Balaban J connectivity index is 1.74. The van der Waals surface area contributed by atoms with E-state index in [-0.39, 0.29) is 0 Å². The summed E-state index contributed by atoms with van der Waals surface area (Å²) in [5, 5.41) is 3.80. The highest BCUT2D eigenvalue weighted by Crippen LogP contribution is 2.48. The zero-order chi connectivity index (χ0) is 13.3. The fraction of sp³-hybridized carbons (Fsp3) is 0.625. The Bertz CT molecular complexity index is 456. The number of nitrogens with one attached hydrogen (secondary N) is 1. The molecule has 1 heterocycles. The van der Waals surface area contributed by atoms with Crippen molar-refractivity contribution in [3.05, 3.63) is 28.2 Å². The van der Waals surface area contributed by atoms with Crippen molar-refractivity contribution in [1.29, 1.82) is 0 Å². The summed E-state index contributed by atoms with van der Waals surface area (Å²) in [6, 6.07) is 6.87. The summed E-state index contributed by atoms with van der Waals surface area (Å²) in [5.41, 5.74) is 1.93. The number of ether oxygens (including phenoxy) is 1. The molecule has 0 bridgehead atoms. The van der Waals surface area contributed by atoms with Gasteiger partial charge < -0.3 is 10.1 Å². The fourth-order valence-corrected chi connectivity index (χ4v) is 3.27. The Morgan fingerprint density at radius 1 is 1.42 bits per heavy atom. The third-order valence-electron chi connectivity index (χ3n) is 4.68. The van der Waals surface area contributed by atoms with E-state index < -0.39 is 0 Å². The number of hydrogen-bond donors (Lipinski definition) is 1. The Hall–Kier alpha value is -0.540. The molecule has 0 radical (unpaired) electrons. The van der Waals surface area contributed by atoms with Gasteiger partial charge >= 0.3 is 0 Å². The second-order valence-corrected chi connectivity index (χ2v) is 6.88. The van der Waals surface area contributed by atoms with Crippen LogP contribution >= 0.6 is 15.9 Å². The van der Waals surface area contributed by atoms with E-state index in [1.165, 1.54) is 31.2 Å². The molecular formula is C16H22BrNO. The summed E-state index contributed by atoms with van der Waals surface area (Å²) in [4.78, 5) is 0. The lowest BCUT2D eigenvalue weighted by molar-refractivity contribution is 0.314. The lowest BCUT2D eigenvalue weighted by Crippen LogP contribution is -2.28. The molecule has 3 heteroatoms. The minimum absolute atomic E-state index is 0.453. The molecule has 0 saturated heterocycles. The largest absolute Gasteiger partial charge is 0.493 e. The van der Waals surface area contributed by atoms with Crippen LogP contribution in [0.2, 0.25) is 0 Å². The molecule has 3 rings (SSSR count). The molecule has 104 valence electrons. The molecule has 1 unspecified atom stereocenters. The van der Waals surface area contributed by atoms with Crippen LogP contribution in [0.3, 0.4) is 0 Å². The van der Waals surface area contributed by atoms with Crippen LogP contribution in [0.5, 0.6) is 5.75 Å². The first kappa shape index (κ1) is 13.4. The first-order valence-corrected chi connectivity index (χ1v) is 8.17. The summed E-state index contributed by atoms with van der Waals surface area (Å²) in [7, 11) is 0. The second-order valence-electron chi connectivity index (χ2n) is 5.96. The van der Waals surface area contributed by atoms with Crippen molar-refractivity contribution < 1.29 is 4.74 Å². The predicted molar refractivity (Wildman–Crippen MR) is 81.6 cm³/mol. The molecule has 1 aliphatic carbocycles. The van der Waals surface area contributed by atoms with Crippen molar-refractivity contribution in [3.8, 4) is 5.75 Å². The SMILES string of the molecule is CCC1(CNC2CCCOc3cc(Br)ccc32)CC1. The van der Waals surface area contributed by atoms with Crippen LogP contribution in [0.4, 0.5) is 0 Å². The zero-order valence-corrected chi connectivity index (χ0v) is 13.1. The van der Waals surface area contributed by atoms with Crippen LogP contribution < -0.4 is 10.1 Å². The van der Waals surface area contributed by atoms with Crippen LogP contribution in [-0.2, 0) is 0 Å². The van der Waals surface area contributed by atoms with Crippen LogP contribution in [0.15, 0.2) is 22.7 Å². The number of rotatable bonds is 4. The normalized spacial score (nSPS) is 24.2. The van der Waals surface area contributed by atoms with Crippen LogP contribution in [-0.4, -0.2) is 13.2 Å². The molecule has 1 N–H and O–H groups in total. The van der Waals surface area contributed by atoms with Gasteiger partial charge in [0, 0.05) is 22.6 Å². The molecule has 0 aromatic heterocycles. The zero-order valence-electron chi connectivity index (χ0n) is 11.5. The lowest BCUT2D eigenvalue weighted by Gasteiger charge is -2.22. The highest BCUT2D eigenvalue weighted by Gasteiger charge is 2.40. The van der Waals surface area contributed by atoms with Gasteiger partial charge in [0.25, 0.3) is 0 Å². The summed E-state index contributed by atoms with van der Waals surface area (Å²) in [5.74, 6) is 1.05. The summed E-state index contributed by atoms with van der Waals surface area (Å²) >= 11 is 3.53. The molecule has 0 spiro atoms. The van der Waals surface area contributed by atoms with Crippen molar-refractivity contribution in [2.24, 2.45) is 5.41 Å². The highest BCUT2D eigenvalue weighted by molar-refractivity contribution is 9.10. The maximum absolute atomic E-state index is 5.86. The molecule has 2 nitrogen and oxygen atoms in total. The quantitative estimate of drug-likeness (QED) is 0.884. The molecule has 2 aliphatic rings. The van der Waals surface area contributed by atoms with Gasteiger partial charge in [-0.25, -0.2) is 0 Å². The van der Waals surface area contributed by atoms with Crippen molar-refractivity contribution >= 4 is 15.9 Å². The van der Waals surface area contributed by atoms with E-state index in [4.69, 9.17) is 4.74 Å². The number of hydrogen-bond acceptors (Lipinski definition) is 2. The number of benzene rings is 1. The van der Waals surface area contributed by atoms with E-state index in [1.807, 2.05) is 0 Å². The Kier molecular flexibility index (Phi) is 3.86. The monoisotopic (exact) mass is 323 g/mol. The average molecular weight is 324 g/mol. The Morgan fingerprint density at radius 2 is 2.26 bits per heavy atom. The van der Waals surface area contributed by atoms with Crippen molar-refractivity contribution in [2.45, 2.75) is 45.1 Å². The van der Waals surface area contributed by atoms with Gasteiger partial charge in [-0.15, -0.1) is 0 Å². The van der Waals surface area contributed by atoms with Gasteiger partial charge in [0.15, 0.2) is 0 Å². The summed E-state index contributed by atoms with van der Waals surface area (Å²) in [6.45, 7) is 4.31. The average Bonchev–Trinajstić information content (AvgIpc) is 3.20. The molecule has 1 aliphatic heterocycles. The molecule has 1 aromatic carbocycles. The predicted octanol–water partition coefficient (Wildman–Crippen LogP) is 4.44. The van der Waals surface area contributed by atoms with E-state index in [9.17, 15) is 0 Å². The fourth-order valence-electron chi connectivity index (χ4n) is 2.93. The van der Waals surface area contributed by atoms with Crippen LogP contribution in [0.1, 0.15) is 50.6 Å². The topological polar surface area (TPSA) is 21.3 Å². The maximum Gasteiger partial charge on any atom is 0.125 e. The van der Waals surface area contributed by atoms with Crippen molar-refractivity contribution in [3.63, 3.8) is 0 Å². The molecule has 1 saturated carbocycles. The molecule has 1 atom stereocenters. The smallest absolute Gasteiger partial charge is 0.125 e. The van der Waals surface area contributed by atoms with Crippen molar-refractivity contribution in [2.75, 3.05) is 13.2 Å². The summed E-state index contributed by atoms with van der Waals surface area (Å²) < 4.78 is 6.96. The Labute approximate surface area is 124 Å². The molecular weight excluding hydrogens is 302 g/mol. The first-order chi connectivity index (χ1) is 9.22. The highest BCUT2D eigenvalue weighted by atomic mass is 79.9. The third kappa shape index (κ3) is 2.97. The minimum atomic E-state index is 0.453. The number of fused-ring (bicyclic) bond motifs is 1. The maximum atomic E-state index is 5.86. The first-order valence-electron chi connectivity index (χ1n) is 7.38. The third-order valence-corrected chi connectivity index (χ3v) is 5.17. The lowest BCUT2D eigenvalue weighted by atomic mass is 9.99. The second kappa shape index (κ2) is 5.45. The van der Waals surface area contributed by atoms with Gasteiger partial charge in [-0.2, -0.15) is 0 Å². The molecule has 19 heavy (non-hydrogen) atoms. The Morgan fingerprint density at radius 3 is 3.00 bits per heavy atom. The minimum Gasteiger partial charge on any atom is -0.493 e. The van der Waals surface area contributed by atoms with Crippen molar-refractivity contribution in [1.82, 2.24) is 5.32 Å². The molecule has 0 amide bonds. The van der Waals surface area contributed by atoms with E-state index in [0.29, 0.717) is 11.5 Å². The van der Waals surface area contributed by atoms with E-state index in [0.717, 1.165) is 29.8 Å². The van der Waals surface area contributed by atoms with Gasteiger partial charge in [0.05, 0.1) is 6.61 Å². The summed E-state index contributed by atoms with van der Waals surface area (Å²) in [6.07, 6.45) is 6.40. The van der Waals surface area contributed by atoms with E-state index >= 15 is 0 Å². The van der Waals surface area contributed by atoms with Gasteiger partial charge in [-0.05, 0) is 49.7 Å². The van der Waals surface area contributed by atoms with Gasteiger partial charge in [0.2, 0.25) is 0 Å². The van der Waals surface area contributed by atoms with Crippen LogP contribution in [0, 0.1) is 5.41 Å². The van der Waals surface area contributed by atoms with Gasteiger partial charge in [-0.3, -0.25) is 0 Å². The van der Waals surface area contributed by atoms with Crippen LogP contribution in [0.25, 0.3) is 0 Å². The van der Waals surface area contributed by atoms with E-state index in [2.05, 4.69) is 46.4 Å². The standard InChI is InChI=1S/C16H22BrNO/c1-2-16(7-8-16)11-18-14-4-3-9-19-15-10-12(17)5-6-13(14)15/h5-6,10,14,18H,2-4,7-9,11H2,1H3. The van der Waals surface area contributed by atoms with Gasteiger partial charge in [-0.1, -0.05) is 28.9 Å².